The molecule has 1 aliphatic rings. The molecule has 4 aromatic rings. The number of nitrogens with one attached hydrogen (secondary N) is 1. The fourth-order valence-corrected chi connectivity index (χ4v) is 5.72. The van der Waals surface area contributed by atoms with Crippen LogP contribution >= 0.6 is 11.3 Å². The molecule has 0 bridgehead atoms. The molecule has 2 aromatic carbocycles. The zero-order valence-electron chi connectivity index (χ0n) is 19.5. The third-order valence-electron chi connectivity index (χ3n) is 6.52. The molecule has 0 saturated carbocycles. The average Bonchev–Trinajstić information content (AvgIpc) is 3.20. The van der Waals surface area contributed by atoms with Gasteiger partial charge in [0.2, 0.25) is 0 Å². The molecule has 6 heteroatoms. The molecule has 3 N–H and O–H groups in total. The van der Waals surface area contributed by atoms with Gasteiger partial charge < -0.3 is 16.0 Å². The van der Waals surface area contributed by atoms with Crippen LogP contribution in [0.3, 0.4) is 0 Å². The number of nitrogens with zero attached hydrogens (tertiary/aromatic N) is 2. The van der Waals surface area contributed by atoms with Crippen LogP contribution in [0.15, 0.2) is 60.7 Å². The summed E-state index contributed by atoms with van der Waals surface area (Å²) >= 11 is 1.36. The van der Waals surface area contributed by atoms with E-state index in [9.17, 15) is 4.79 Å². The second-order valence-electron chi connectivity index (χ2n) is 8.91. The maximum atomic E-state index is 12.9. The number of aromatic nitrogens is 1. The van der Waals surface area contributed by atoms with E-state index in [1.165, 1.54) is 53.0 Å². The highest BCUT2D eigenvalue weighted by atomic mass is 32.1. The number of amides is 1. The Balaban J connectivity index is 1.34. The lowest BCUT2D eigenvalue weighted by Gasteiger charge is -2.29. The summed E-state index contributed by atoms with van der Waals surface area (Å²) in [7, 11) is 0. The Morgan fingerprint density at radius 3 is 2.65 bits per heavy atom. The van der Waals surface area contributed by atoms with Gasteiger partial charge in [-0.2, -0.15) is 0 Å². The van der Waals surface area contributed by atoms with Crippen LogP contribution in [0.1, 0.15) is 40.2 Å². The number of fused-ring (bicyclic) bond motifs is 1. The maximum absolute atomic E-state index is 12.9. The van der Waals surface area contributed by atoms with Crippen molar-refractivity contribution in [1.82, 2.24) is 10.3 Å². The van der Waals surface area contributed by atoms with Gasteiger partial charge >= 0.3 is 0 Å². The van der Waals surface area contributed by atoms with E-state index in [0.29, 0.717) is 17.1 Å². The van der Waals surface area contributed by atoms with E-state index in [2.05, 4.69) is 57.7 Å². The van der Waals surface area contributed by atoms with Crippen molar-refractivity contribution in [2.75, 3.05) is 30.3 Å². The molecule has 0 unspecified atom stereocenters. The molecule has 34 heavy (non-hydrogen) atoms. The van der Waals surface area contributed by atoms with Crippen molar-refractivity contribution in [3.63, 3.8) is 0 Å². The molecular weight excluding hydrogens is 440 g/mol. The first kappa shape index (κ1) is 22.4. The fraction of sp³-hybridized carbons (Fsp3) is 0.286. The first-order valence-electron chi connectivity index (χ1n) is 12.0. The van der Waals surface area contributed by atoms with Crippen LogP contribution in [0.4, 0.5) is 11.4 Å². The van der Waals surface area contributed by atoms with Crippen LogP contribution in [0.2, 0.25) is 0 Å². The second-order valence-corrected chi connectivity index (χ2v) is 9.91. The van der Waals surface area contributed by atoms with Gasteiger partial charge in [-0.25, -0.2) is 4.98 Å². The lowest BCUT2D eigenvalue weighted by Crippen LogP contribution is -2.29. The predicted octanol–water partition coefficient (Wildman–Crippen LogP) is 5.82. The largest absolute Gasteiger partial charge is 0.397 e. The van der Waals surface area contributed by atoms with Gasteiger partial charge in [-0.15, -0.1) is 11.3 Å². The summed E-state index contributed by atoms with van der Waals surface area (Å²) < 4.78 is 0. The van der Waals surface area contributed by atoms with E-state index < -0.39 is 0 Å². The molecule has 174 valence electrons. The summed E-state index contributed by atoms with van der Waals surface area (Å²) in [6.45, 7) is 4.72. The van der Waals surface area contributed by atoms with Crippen LogP contribution in [-0.4, -0.2) is 30.5 Å². The van der Waals surface area contributed by atoms with Crippen LogP contribution in [0.5, 0.6) is 0 Å². The molecule has 5 nitrogen and oxygen atoms in total. The second kappa shape index (κ2) is 9.85. The number of thiophene rings is 1. The Morgan fingerprint density at radius 1 is 1.06 bits per heavy atom. The predicted molar refractivity (Wildman–Crippen MR) is 143 cm³/mol. The Labute approximate surface area is 204 Å². The number of benzene rings is 2. The number of nitrogen functional groups attached to an aromatic ring is 1. The summed E-state index contributed by atoms with van der Waals surface area (Å²) in [6, 6.07) is 21.1. The fourth-order valence-electron chi connectivity index (χ4n) is 4.67. The normalized spacial score (nSPS) is 13.9. The van der Waals surface area contributed by atoms with E-state index in [0.717, 1.165) is 35.4 Å². The highest BCUT2D eigenvalue weighted by molar-refractivity contribution is 7.21. The Hall–Kier alpha value is -3.38. The van der Waals surface area contributed by atoms with Gasteiger partial charge in [0, 0.05) is 36.4 Å². The zero-order valence-corrected chi connectivity index (χ0v) is 20.3. The number of hydrogen-bond donors (Lipinski definition) is 2. The molecule has 2 aromatic heterocycles. The van der Waals surface area contributed by atoms with Gasteiger partial charge in [-0.1, -0.05) is 36.4 Å². The molecule has 0 atom stereocenters. The van der Waals surface area contributed by atoms with E-state index in [-0.39, 0.29) is 5.91 Å². The Bertz CT molecular complexity index is 1310. The molecular formula is C28H30N4OS. The quantitative estimate of drug-likeness (QED) is 0.373. The molecule has 1 aliphatic heterocycles. The van der Waals surface area contributed by atoms with Crippen molar-refractivity contribution in [3.8, 4) is 11.1 Å². The summed E-state index contributed by atoms with van der Waals surface area (Å²) in [5.74, 6) is -0.135. The van der Waals surface area contributed by atoms with Crippen LogP contribution in [-0.2, 0) is 6.42 Å². The number of nitrogens with two attached hydrogens (primary N) is 1. The highest BCUT2D eigenvalue weighted by Crippen LogP contribution is 2.33. The first-order valence-corrected chi connectivity index (χ1v) is 12.8. The zero-order chi connectivity index (χ0) is 23.5. The van der Waals surface area contributed by atoms with Crippen molar-refractivity contribution in [2.24, 2.45) is 0 Å². The van der Waals surface area contributed by atoms with E-state index >= 15 is 0 Å². The maximum Gasteiger partial charge on any atom is 0.263 e. The minimum absolute atomic E-state index is 0.135. The number of pyridine rings is 1. The van der Waals surface area contributed by atoms with Crippen LogP contribution in [0.25, 0.3) is 21.3 Å². The van der Waals surface area contributed by atoms with Crippen molar-refractivity contribution >= 4 is 38.8 Å². The van der Waals surface area contributed by atoms with E-state index in [4.69, 9.17) is 5.73 Å². The van der Waals surface area contributed by atoms with Crippen LogP contribution in [0, 0.1) is 6.92 Å². The summed E-state index contributed by atoms with van der Waals surface area (Å²) in [5, 5.41) is 3.92. The van der Waals surface area contributed by atoms with Gasteiger partial charge in [0.1, 0.15) is 9.71 Å². The van der Waals surface area contributed by atoms with Gasteiger partial charge in [-0.05, 0) is 73.6 Å². The third kappa shape index (κ3) is 4.64. The summed E-state index contributed by atoms with van der Waals surface area (Å²) in [6.07, 6.45) is 4.58. The number of carbonyl (C=O) groups excluding carboxylic acids is 1. The smallest absolute Gasteiger partial charge is 0.263 e. The number of carbonyl (C=O) groups is 1. The molecule has 0 radical (unpaired) electrons. The van der Waals surface area contributed by atoms with Gasteiger partial charge in [-0.3, -0.25) is 4.79 Å². The van der Waals surface area contributed by atoms with Gasteiger partial charge in [0.25, 0.3) is 5.91 Å². The van der Waals surface area contributed by atoms with Gasteiger partial charge in [0.05, 0.1) is 5.69 Å². The monoisotopic (exact) mass is 470 g/mol. The summed E-state index contributed by atoms with van der Waals surface area (Å²) in [5.41, 5.74) is 12.7. The molecule has 0 aliphatic carbocycles. The number of hydrogen-bond acceptors (Lipinski definition) is 5. The van der Waals surface area contributed by atoms with Gasteiger partial charge in [0.15, 0.2) is 0 Å². The number of aryl methyl sites for hydroxylation is 1. The van der Waals surface area contributed by atoms with E-state index in [1.54, 1.807) is 0 Å². The topological polar surface area (TPSA) is 71.2 Å². The highest BCUT2D eigenvalue weighted by Gasteiger charge is 2.18. The molecule has 1 fully saturated rings. The van der Waals surface area contributed by atoms with Crippen molar-refractivity contribution in [3.05, 3.63) is 76.8 Å². The number of rotatable bonds is 6. The van der Waals surface area contributed by atoms with Crippen molar-refractivity contribution < 1.29 is 4.79 Å². The molecule has 5 rings (SSSR count). The minimum atomic E-state index is -0.135. The minimum Gasteiger partial charge on any atom is -0.397 e. The molecule has 1 saturated heterocycles. The molecule has 0 spiro atoms. The lowest BCUT2D eigenvalue weighted by molar-refractivity contribution is 0.0959. The van der Waals surface area contributed by atoms with Crippen molar-refractivity contribution in [2.45, 2.75) is 32.6 Å². The Morgan fingerprint density at radius 2 is 1.85 bits per heavy atom. The third-order valence-corrected chi connectivity index (χ3v) is 7.63. The lowest BCUT2D eigenvalue weighted by atomic mass is 9.96. The molecule has 3 heterocycles. The van der Waals surface area contributed by atoms with Crippen LogP contribution < -0.4 is 16.0 Å². The molecule has 1 amide bonds. The number of piperidine rings is 1. The standard InChI is InChI=1S/C28H30N4OS/c1-19-10-13-23-25(29)26(34-28(23)31-19)27(33)30-15-14-21-11-12-22(32-16-6-3-7-17-32)18-24(21)20-8-4-2-5-9-20/h2,4-5,8-13,18H,3,6-7,14-17,29H2,1H3,(H,30,33). The Kier molecular flexibility index (Phi) is 6.50. The summed E-state index contributed by atoms with van der Waals surface area (Å²) in [4.78, 5) is 21.3. The van der Waals surface area contributed by atoms with E-state index in [1.807, 2.05) is 25.1 Å². The average molecular weight is 471 g/mol. The SMILES string of the molecule is Cc1ccc2c(N)c(C(=O)NCCc3ccc(N4CCCCC4)cc3-c3ccccc3)sc2n1. The van der Waals surface area contributed by atoms with Crippen molar-refractivity contribution in [1.29, 1.82) is 0 Å². The number of anilines is 2. The first-order chi connectivity index (χ1) is 16.6.